The van der Waals surface area contributed by atoms with Crippen LogP contribution in [0.4, 0.5) is 13.6 Å². The lowest BCUT2D eigenvalue weighted by atomic mass is 9.92. The van der Waals surface area contributed by atoms with Gasteiger partial charge in [-0.15, -0.1) is 0 Å². The van der Waals surface area contributed by atoms with E-state index in [2.05, 4.69) is 10.6 Å². The van der Waals surface area contributed by atoms with E-state index in [0.29, 0.717) is 0 Å². The maximum Gasteiger partial charge on any atom is 0.325 e. The predicted octanol–water partition coefficient (Wildman–Crippen LogP) is 0.883. The summed E-state index contributed by atoms with van der Waals surface area (Å²) < 4.78 is 31.4. The lowest BCUT2D eigenvalue weighted by Gasteiger charge is -2.22. The molecular weight excluding hydrogens is 336 g/mol. The molecule has 7 nitrogen and oxygen atoms in total. The number of carbonyl (C=O) groups is 3. The average Bonchev–Trinajstić information content (AvgIpc) is 2.74. The Morgan fingerprint density at radius 3 is 2.64 bits per heavy atom. The monoisotopic (exact) mass is 355 g/mol. The van der Waals surface area contributed by atoms with Crippen molar-refractivity contribution in [3.63, 3.8) is 0 Å². The number of nitrogens with one attached hydrogen (secondary N) is 2. The van der Waals surface area contributed by atoms with Gasteiger partial charge in [-0.05, 0) is 31.5 Å². The molecule has 1 aromatic rings. The number of urea groups is 1. The van der Waals surface area contributed by atoms with Crippen LogP contribution in [0.1, 0.15) is 19.4 Å². The van der Waals surface area contributed by atoms with Crippen molar-refractivity contribution in [1.29, 1.82) is 0 Å². The number of rotatable bonds is 6. The van der Waals surface area contributed by atoms with E-state index in [1.807, 2.05) is 0 Å². The molecule has 1 saturated heterocycles. The van der Waals surface area contributed by atoms with Gasteiger partial charge in [0, 0.05) is 13.2 Å². The third kappa shape index (κ3) is 3.76. The van der Waals surface area contributed by atoms with E-state index >= 15 is 0 Å². The summed E-state index contributed by atoms with van der Waals surface area (Å²) in [5.74, 6) is -3.46. The highest BCUT2D eigenvalue weighted by molar-refractivity contribution is 6.09. The number of imide groups is 1. The standard InChI is InChI=1S/C16H19F2N3O4/c1-9(8-25-3)19-13(22)7-21-14(23)16(2,20-15(21)24)10-4-5-11(17)12(18)6-10/h4-6,9H,7-8H2,1-3H3,(H,19,22)(H,20,24)/t9-,16+/m0/s1. The summed E-state index contributed by atoms with van der Waals surface area (Å²) in [7, 11) is 1.48. The minimum Gasteiger partial charge on any atom is -0.383 e. The fourth-order valence-electron chi connectivity index (χ4n) is 2.60. The molecular formula is C16H19F2N3O4. The number of halogens is 2. The molecule has 0 saturated carbocycles. The first-order valence-electron chi connectivity index (χ1n) is 7.57. The largest absolute Gasteiger partial charge is 0.383 e. The summed E-state index contributed by atoms with van der Waals surface area (Å²) in [4.78, 5) is 37.4. The highest BCUT2D eigenvalue weighted by atomic mass is 19.2. The molecule has 0 aromatic heterocycles. The molecule has 1 heterocycles. The van der Waals surface area contributed by atoms with Crippen LogP contribution in [0.15, 0.2) is 18.2 Å². The van der Waals surface area contributed by atoms with Gasteiger partial charge in [-0.2, -0.15) is 0 Å². The molecule has 136 valence electrons. The summed E-state index contributed by atoms with van der Waals surface area (Å²) in [6.45, 7) is 2.86. The maximum absolute atomic E-state index is 13.5. The van der Waals surface area contributed by atoms with E-state index in [1.165, 1.54) is 20.1 Å². The quantitative estimate of drug-likeness (QED) is 0.742. The summed E-state index contributed by atoms with van der Waals surface area (Å²) in [5, 5.41) is 5.01. The van der Waals surface area contributed by atoms with Crippen LogP contribution in [0.5, 0.6) is 0 Å². The topological polar surface area (TPSA) is 87.7 Å². The summed E-state index contributed by atoms with van der Waals surface area (Å²) >= 11 is 0. The highest BCUT2D eigenvalue weighted by Crippen LogP contribution is 2.29. The molecule has 2 rings (SSSR count). The smallest absolute Gasteiger partial charge is 0.325 e. The first-order chi connectivity index (χ1) is 11.7. The molecule has 1 aliphatic rings. The van der Waals surface area contributed by atoms with Gasteiger partial charge in [-0.3, -0.25) is 14.5 Å². The minimum absolute atomic E-state index is 0.0837. The highest BCUT2D eigenvalue weighted by Gasteiger charge is 2.49. The Labute approximate surface area is 143 Å². The lowest BCUT2D eigenvalue weighted by Crippen LogP contribution is -2.45. The van der Waals surface area contributed by atoms with Crippen LogP contribution in [-0.2, 0) is 19.9 Å². The van der Waals surface area contributed by atoms with Crippen LogP contribution in [0.25, 0.3) is 0 Å². The fourth-order valence-corrected chi connectivity index (χ4v) is 2.60. The zero-order valence-electron chi connectivity index (χ0n) is 14.1. The van der Waals surface area contributed by atoms with Crippen LogP contribution in [-0.4, -0.2) is 49.0 Å². The number of nitrogens with zero attached hydrogens (tertiary/aromatic N) is 1. The van der Waals surface area contributed by atoms with Crippen molar-refractivity contribution < 1.29 is 27.9 Å². The number of hydrogen-bond acceptors (Lipinski definition) is 4. The molecule has 2 atom stereocenters. The van der Waals surface area contributed by atoms with Gasteiger partial charge in [0.1, 0.15) is 12.1 Å². The second-order valence-corrected chi connectivity index (χ2v) is 6.00. The van der Waals surface area contributed by atoms with E-state index in [-0.39, 0.29) is 18.2 Å². The predicted molar refractivity (Wildman–Crippen MR) is 83.4 cm³/mol. The molecule has 0 aliphatic carbocycles. The van der Waals surface area contributed by atoms with E-state index in [4.69, 9.17) is 4.74 Å². The van der Waals surface area contributed by atoms with Gasteiger partial charge in [0.15, 0.2) is 11.6 Å². The average molecular weight is 355 g/mol. The van der Waals surface area contributed by atoms with E-state index in [1.54, 1.807) is 6.92 Å². The van der Waals surface area contributed by atoms with Gasteiger partial charge in [0.2, 0.25) is 5.91 Å². The van der Waals surface area contributed by atoms with Crippen molar-refractivity contribution >= 4 is 17.8 Å². The molecule has 1 aliphatic heterocycles. The Kier molecular flexibility index (Phi) is 5.36. The van der Waals surface area contributed by atoms with Gasteiger partial charge in [0.05, 0.1) is 6.61 Å². The molecule has 0 unspecified atom stereocenters. The zero-order valence-corrected chi connectivity index (χ0v) is 14.1. The Hall–Kier alpha value is -2.55. The maximum atomic E-state index is 13.5. The Morgan fingerprint density at radius 2 is 2.04 bits per heavy atom. The van der Waals surface area contributed by atoms with Crippen molar-refractivity contribution in [2.45, 2.75) is 25.4 Å². The Morgan fingerprint density at radius 1 is 1.36 bits per heavy atom. The van der Waals surface area contributed by atoms with Crippen molar-refractivity contribution in [2.24, 2.45) is 0 Å². The number of hydrogen-bond donors (Lipinski definition) is 2. The van der Waals surface area contributed by atoms with Crippen LogP contribution in [0.3, 0.4) is 0 Å². The fraction of sp³-hybridized carbons (Fsp3) is 0.438. The van der Waals surface area contributed by atoms with E-state index in [9.17, 15) is 23.2 Å². The molecule has 0 bridgehead atoms. The molecule has 2 N–H and O–H groups in total. The van der Waals surface area contributed by atoms with E-state index < -0.39 is 41.6 Å². The second kappa shape index (κ2) is 7.14. The normalized spacial score (nSPS) is 21.2. The van der Waals surface area contributed by atoms with Crippen LogP contribution < -0.4 is 10.6 Å². The van der Waals surface area contributed by atoms with Crippen molar-refractivity contribution in [1.82, 2.24) is 15.5 Å². The first kappa shape index (κ1) is 18.8. The number of ether oxygens (including phenoxy) is 1. The third-order valence-corrected chi connectivity index (χ3v) is 3.90. The SMILES string of the molecule is COC[C@H](C)NC(=O)CN1C(=O)N[C@](C)(c2ccc(F)c(F)c2)C1=O. The van der Waals surface area contributed by atoms with E-state index in [0.717, 1.165) is 17.0 Å². The molecule has 25 heavy (non-hydrogen) atoms. The minimum atomic E-state index is -1.58. The van der Waals surface area contributed by atoms with Gasteiger partial charge in [-0.25, -0.2) is 13.6 Å². The number of carbonyl (C=O) groups excluding carboxylic acids is 3. The first-order valence-corrected chi connectivity index (χ1v) is 7.57. The number of amides is 4. The summed E-state index contributed by atoms with van der Waals surface area (Å²) in [5.41, 5.74) is -1.50. The van der Waals surface area contributed by atoms with Crippen LogP contribution in [0.2, 0.25) is 0 Å². The number of methoxy groups -OCH3 is 1. The van der Waals surface area contributed by atoms with Gasteiger partial charge in [-0.1, -0.05) is 6.07 Å². The number of benzene rings is 1. The van der Waals surface area contributed by atoms with Crippen LogP contribution >= 0.6 is 0 Å². The molecule has 0 spiro atoms. The van der Waals surface area contributed by atoms with Crippen LogP contribution in [0, 0.1) is 11.6 Å². The lowest BCUT2D eigenvalue weighted by molar-refractivity contribution is -0.135. The third-order valence-electron chi connectivity index (χ3n) is 3.90. The molecule has 4 amide bonds. The molecule has 1 aromatic carbocycles. The molecule has 9 heteroatoms. The molecule has 1 fully saturated rings. The van der Waals surface area contributed by atoms with Gasteiger partial charge < -0.3 is 15.4 Å². The van der Waals surface area contributed by atoms with Crippen molar-refractivity contribution in [3.8, 4) is 0 Å². The second-order valence-electron chi connectivity index (χ2n) is 6.00. The molecule has 0 radical (unpaired) electrons. The summed E-state index contributed by atoms with van der Waals surface area (Å²) in [6, 6.07) is 1.85. The Bertz CT molecular complexity index is 713. The van der Waals surface area contributed by atoms with Crippen molar-refractivity contribution in [3.05, 3.63) is 35.4 Å². The zero-order chi connectivity index (χ0) is 18.8. The Balaban J connectivity index is 2.16. The van der Waals surface area contributed by atoms with Crippen molar-refractivity contribution in [2.75, 3.05) is 20.3 Å². The summed E-state index contributed by atoms with van der Waals surface area (Å²) in [6.07, 6.45) is 0. The van der Waals surface area contributed by atoms with Gasteiger partial charge >= 0.3 is 6.03 Å². The van der Waals surface area contributed by atoms with Gasteiger partial charge in [0.25, 0.3) is 5.91 Å².